The number of thioether (sulfide) groups is 1. The van der Waals surface area contributed by atoms with Crippen LogP contribution in [0.15, 0.2) is 17.0 Å². The Morgan fingerprint density at radius 1 is 1.14 bits per heavy atom. The lowest BCUT2D eigenvalue weighted by atomic mass is 10.1. The zero-order valence-electron chi connectivity index (χ0n) is 17.9. The van der Waals surface area contributed by atoms with E-state index in [2.05, 4.69) is 0 Å². The van der Waals surface area contributed by atoms with Gasteiger partial charge < -0.3 is 14.4 Å². The van der Waals surface area contributed by atoms with Crippen LogP contribution in [0.1, 0.15) is 38.8 Å². The van der Waals surface area contributed by atoms with Gasteiger partial charge in [0.05, 0.1) is 19.1 Å². The third-order valence-corrected chi connectivity index (χ3v) is 5.57. The minimum absolute atomic E-state index is 0.0236. The van der Waals surface area contributed by atoms with Crippen molar-refractivity contribution in [2.75, 3.05) is 20.8 Å². The van der Waals surface area contributed by atoms with Gasteiger partial charge in [0, 0.05) is 23.2 Å². The molecule has 0 atom stereocenters. The smallest absolute Gasteiger partial charge is 0.294 e. The summed E-state index contributed by atoms with van der Waals surface area (Å²) < 4.78 is 10.8. The molecule has 1 fully saturated rings. The maximum absolute atomic E-state index is 12.8. The first-order valence-corrected chi connectivity index (χ1v) is 10.2. The van der Waals surface area contributed by atoms with Gasteiger partial charge >= 0.3 is 0 Å². The molecular formula is C21H28N2O5S. The molecule has 0 N–H and O–H groups in total. The van der Waals surface area contributed by atoms with Crippen molar-refractivity contribution in [3.05, 3.63) is 28.2 Å². The molecule has 1 saturated heterocycles. The number of carbonyl (C=O) groups is 3. The average Bonchev–Trinajstić information content (AvgIpc) is 2.89. The molecule has 0 radical (unpaired) electrons. The fourth-order valence-corrected chi connectivity index (χ4v) is 4.30. The lowest BCUT2D eigenvalue weighted by molar-refractivity contribution is -0.138. The Kier molecular flexibility index (Phi) is 7.35. The van der Waals surface area contributed by atoms with Crippen LogP contribution in [0.25, 0.3) is 6.08 Å². The van der Waals surface area contributed by atoms with Crippen LogP contribution >= 0.6 is 11.8 Å². The second kappa shape index (κ2) is 9.35. The van der Waals surface area contributed by atoms with Gasteiger partial charge in [-0.25, -0.2) is 0 Å². The maximum atomic E-state index is 12.8. The zero-order chi connectivity index (χ0) is 21.9. The van der Waals surface area contributed by atoms with Crippen LogP contribution < -0.4 is 9.47 Å². The number of carbonyl (C=O) groups excluding carboxylic acids is 3. The van der Waals surface area contributed by atoms with Crippen molar-refractivity contribution in [1.29, 1.82) is 0 Å². The lowest BCUT2D eigenvalue weighted by Crippen LogP contribution is -2.48. The Bertz CT molecular complexity index is 840. The van der Waals surface area contributed by atoms with Crippen LogP contribution in [-0.2, 0) is 9.59 Å². The van der Waals surface area contributed by atoms with Crippen molar-refractivity contribution in [3.63, 3.8) is 0 Å². The summed E-state index contributed by atoms with van der Waals surface area (Å²) >= 11 is 0.823. The van der Waals surface area contributed by atoms with Crippen molar-refractivity contribution in [2.24, 2.45) is 0 Å². The second-order valence-corrected chi connectivity index (χ2v) is 8.26. The van der Waals surface area contributed by atoms with E-state index in [1.807, 2.05) is 34.6 Å². The summed E-state index contributed by atoms with van der Waals surface area (Å²) in [5, 5.41) is -0.453. The van der Waals surface area contributed by atoms with Crippen molar-refractivity contribution >= 4 is 34.9 Å². The Labute approximate surface area is 176 Å². The highest BCUT2D eigenvalue weighted by Crippen LogP contribution is 2.37. The van der Waals surface area contributed by atoms with E-state index in [0.717, 1.165) is 22.2 Å². The predicted octanol–water partition coefficient (Wildman–Crippen LogP) is 3.69. The maximum Gasteiger partial charge on any atom is 0.294 e. The van der Waals surface area contributed by atoms with Crippen molar-refractivity contribution in [2.45, 2.75) is 46.7 Å². The largest absolute Gasteiger partial charge is 0.496 e. The molecule has 1 aromatic carbocycles. The van der Waals surface area contributed by atoms with Crippen LogP contribution in [-0.4, -0.2) is 59.7 Å². The topological polar surface area (TPSA) is 76.2 Å². The quantitative estimate of drug-likeness (QED) is 0.626. The highest BCUT2D eigenvalue weighted by Gasteiger charge is 2.38. The summed E-state index contributed by atoms with van der Waals surface area (Å²) in [6, 6.07) is 3.50. The summed E-state index contributed by atoms with van der Waals surface area (Å²) in [6.45, 7) is 9.21. The summed E-state index contributed by atoms with van der Waals surface area (Å²) in [6.07, 6.45) is 1.61. The first-order chi connectivity index (χ1) is 13.6. The standard InChI is InChI=1S/C21H28N2O5S/c1-12(2)23(13(3)4)18(24)11-22-20(25)17(29-21(22)26)10-15-8-9-16(27-6)14(5)19(15)28-7/h8-10,12-13H,11H2,1-7H3/b17-10-. The molecule has 0 saturated carbocycles. The summed E-state index contributed by atoms with van der Waals surface area (Å²) in [4.78, 5) is 40.8. The number of benzene rings is 1. The number of ether oxygens (including phenoxy) is 2. The van der Waals surface area contributed by atoms with Crippen molar-refractivity contribution in [3.8, 4) is 11.5 Å². The van der Waals surface area contributed by atoms with E-state index in [9.17, 15) is 14.4 Å². The molecule has 0 bridgehead atoms. The Morgan fingerprint density at radius 2 is 1.76 bits per heavy atom. The fraction of sp³-hybridized carbons (Fsp3) is 0.476. The molecule has 2 rings (SSSR count). The highest BCUT2D eigenvalue weighted by atomic mass is 32.2. The fourth-order valence-electron chi connectivity index (χ4n) is 3.47. The van der Waals surface area contributed by atoms with E-state index < -0.39 is 11.1 Å². The van der Waals surface area contributed by atoms with Gasteiger partial charge in [-0.3, -0.25) is 19.3 Å². The Hall–Kier alpha value is -2.48. The molecule has 3 amide bonds. The first kappa shape index (κ1) is 22.8. The van der Waals surface area contributed by atoms with E-state index in [-0.39, 0.29) is 29.4 Å². The summed E-state index contributed by atoms with van der Waals surface area (Å²) in [5.74, 6) is 0.505. The van der Waals surface area contributed by atoms with E-state index in [1.54, 1.807) is 30.2 Å². The highest BCUT2D eigenvalue weighted by molar-refractivity contribution is 8.18. The second-order valence-electron chi connectivity index (χ2n) is 7.27. The number of nitrogens with zero attached hydrogens (tertiary/aromatic N) is 2. The van der Waals surface area contributed by atoms with Gasteiger partial charge in [-0.05, 0) is 64.6 Å². The molecule has 1 aliphatic heterocycles. The van der Waals surface area contributed by atoms with Gasteiger partial charge in [0.25, 0.3) is 11.1 Å². The SMILES string of the molecule is COc1ccc(/C=C2\SC(=O)N(CC(=O)N(C(C)C)C(C)C)C2=O)c(OC)c1C. The van der Waals surface area contributed by atoms with Gasteiger partial charge in [0.2, 0.25) is 5.91 Å². The molecule has 1 aliphatic rings. The molecule has 1 heterocycles. The third-order valence-electron chi connectivity index (χ3n) is 4.66. The van der Waals surface area contributed by atoms with Crippen LogP contribution in [0.5, 0.6) is 11.5 Å². The molecule has 29 heavy (non-hydrogen) atoms. The van der Waals surface area contributed by atoms with E-state index in [1.165, 1.54) is 7.11 Å². The van der Waals surface area contributed by atoms with Gasteiger partial charge in [0.1, 0.15) is 18.0 Å². The first-order valence-electron chi connectivity index (χ1n) is 9.40. The third kappa shape index (κ3) is 4.75. The molecule has 0 spiro atoms. The van der Waals surface area contributed by atoms with Gasteiger partial charge in [-0.2, -0.15) is 0 Å². The number of rotatable bonds is 7. The zero-order valence-corrected chi connectivity index (χ0v) is 18.8. The summed E-state index contributed by atoms with van der Waals surface area (Å²) in [5.41, 5.74) is 1.45. The van der Waals surface area contributed by atoms with Crippen molar-refractivity contribution < 1.29 is 23.9 Å². The number of amides is 3. The van der Waals surface area contributed by atoms with E-state index >= 15 is 0 Å². The van der Waals surface area contributed by atoms with Crippen molar-refractivity contribution in [1.82, 2.24) is 9.80 Å². The number of methoxy groups -OCH3 is 2. The van der Waals surface area contributed by atoms with Gasteiger partial charge in [-0.1, -0.05) is 0 Å². The average molecular weight is 421 g/mol. The van der Waals surface area contributed by atoms with Crippen LogP contribution in [0.2, 0.25) is 0 Å². The van der Waals surface area contributed by atoms with Gasteiger partial charge in [0.15, 0.2) is 0 Å². The molecule has 8 heteroatoms. The van der Waals surface area contributed by atoms with E-state index in [4.69, 9.17) is 9.47 Å². The van der Waals surface area contributed by atoms with E-state index in [0.29, 0.717) is 17.1 Å². The Balaban J connectivity index is 2.29. The molecular weight excluding hydrogens is 392 g/mol. The Morgan fingerprint density at radius 3 is 2.28 bits per heavy atom. The summed E-state index contributed by atoms with van der Waals surface area (Å²) in [7, 11) is 3.11. The monoisotopic (exact) mass is 420 g/mol. The molecule has 1 aromatic rings. The minimum atomic E-state index is -0.476. The molecule has 0 aliphatic carbocycles. The van der Waals surface area contributed by atoms with Crippen LogP contribution in [0.3, 0.4) is 0 Å². The lowest BCUT2D eigenvalue weighted by Gasteiger charge is -2.31. The number of hydrogen-bond acceptors (Lipinski definition) is 6. The molecule has 158 valence electrons. The van der Waals surface area contributed by atoms with Gasteiger partial charge in [-0.15, -0.1) is 0 Å². The van der Waals surface area contributed by atoms with Crippen LogP contribution in [0.4, 0.5) is 4.79 Å². The molecule has 0 aromatic heterocycles. The normalized spacial score (nSPS) is 15.6. The molecule has 7 nitrogen and oxygen atoms in total. The predicted molar refractivity (Wildman–Crippen MR) is 114 cm³/mol. The van der Waals surface area contributed by atoms with Crippen LogP contribution in [0, 0.1) is 6.92 Å². The molecule has 0 unspecified atom stereocenters. The number of imide groups is 1. The number of hydrogen-bond donors (Lipinski definition) is 0. The minimum Gasteiger partial charge on any atom is -0.496 e.